The lowest BCUT2D eigenvalue weighted by Gasteiger charge is -2.07. The second kappa shape index (κ2) is 4.88. The van der Waals surface area contributed by atoms with Crippen LogP contribution in [0.3, 0.4) is 0 Å². The zero-order chi connectivity index (χ0) is 12.3. The van der Waals surface area contributed by atoms with Crippen molar-refractivity contribution in [2.45, 2.75) is 5.16 Å². The molecular weight excluding hydrogens is 238 g/mol. The van der Waals surface area contributed by atoms with Crippen molar-refractivity contribution in [2.24, 2.45) is 0 Å². The van der Waals surface area contributed by atoms with Gasteiger partial charge in [0.25, 0.3) is 0 Å². The number of anilines is 2. The summed E-state index contributed by atoms with van der Waals surface area (Å²) in [7, 11) is 0. The van der Waals surface area contributed by atoms with Crippen molar-refractivity contribution in [3.05, 3.63) is 30.3 Å². The topological polar surface area (TPSA) is 85.8 Å². The van der Waals surface area contributed by atoms with Crippen LogP contribution in [0, 0.1) is 0 Å². The van der Waals surface area contributed by atoms with Gasteiger partial charge in [0.1, 0.15) is 0 Å². The fourth-order valence-corrected chi connectivity index (χ4v) is 1.79. The first-order valence-electron chi connectivity index (χ1n) is 4.83. The van der Waals surface area contributed by atoms with E-state index >= 15 is 0 Å². The number of amides is 1. The number of benzene rings is 1. The molecular formula is C10H11N5OS. The third-order valence-corrected chi connectivity index (χ3v) is 2.70. The van der Waals surface area contributed by atoms with Gasteiger partial charge in [0.05, 0.1) is 0 Å². The number of aromatic nitrogens is 3. The van der Waals surface area contributed by atoms with E-state index in [9.17, 15) is 4.79 Å². The minimum absolute atomic E-state index is 0.0720. The Morgan fingerprint density at radius 1 is 1.35 bits per heavy atom. The zero-order valence-electron chi connectivity index (χ0n) is 9.12. The van der Waals surface area contributed by atoms with E-state index in [1.807, 2.05) is 18.2 Å². The molecule has 7 heteroatoms. The summed E-state index contributed by atoms with van der Waals surface area (Å²) < 4.78 is 1.23. The molecule has 2 aromatic rings. The number of nitrogens with two attached hydrogens (primary N) is 1. The molecule has 6 nitrogen and oxygen atoms in total. The number of carbonyl (C=O) groups is 1. The molecule has 3 N–H and O–H groups in total. The van der Waals surface area contributed by atoms with Crippen molar-refractivity contribution in [1.29, 1.82) is 0 Å². The largest absolute Gasteiger partial charge is 0.367 e. The molecule has 0 spiro atoms. The van der Waals surface area contributed by atoms with E-state index in [0.717, 1.165) is 0 Å². The van der Waals surface area contributed by atoms with Gasteiger partial charge in [0.2, 0.25) is 11.1 Å². The molecule has 1 heterocycles. The van der Waals surface area contributed by atoms with Crippen molar-refractivity contribution in [1.82, 2.24) is 14.8 Å². The van der Waals surface area contributed by atoms with Gasteiger partial charge in [-0.25, -0.2) is 9.36 Å². The highest BCUT2D eigenvalue weighted by Gasteiger charge is 2.15. The quantitative estimate of drug-likeness (QED) is 0.790. The molecule has 0 aliphatic heterocycles. The van der Waals surface area contributed by atoms with Gasteiger partial charge in [-0.3, -0.25) is 0 Å². The highest BCUT2D eigenvalue weighted by atomic mass is 32.2. The van der Waals surface area contributed by atoms with Crippen LogP contribution in [0.4, 0.5) is 16.4 Å². The Bertz CT molecular complexity index is 525. The van der Waals surface area contributed by atoms with Gasteiger partial charge in [0.15, 0.2) is 0 Å². The van der Waals surface area contributed by atoms with Crippen LogP contribution in [0.1, 0.15) is 0 Å². The summed E-state index contributed by atoms with van der Waals surface area (Å²) in [6, 6.07) is 8.74. The van der Waals surface area contributed by atoms with Crippen molar-refractivity contribution >= 4 is 29.4 Å². The maximum Gasteiger partial charge on any atom is 0.335 e. The number of hydrogen-bond donors (Lipinski definition) is 2. The average molecular weight is 249 g/mol. The van der Waals surface area contributed by atoms with Crippen LogP contribution in [-0.4, -0.2) is 27.1 Å². The summed E-state index contributed by atoms with van der Waals surface area (Å²) >= 11 is 1.30. The lowest BCUT2D eigenvalue weighted by molar-refractivity contribution is 0.252. The first kappa shape index (κ1) is 11.5. The molecule has 1 aromatic carbocycles. The molecule has 0 aliphatic carbocycles. The van der Waals surface area contributed by atoms with Gasteiger partial charge in [-0.1, -0.05) is 30.0 Å². The number of nitrogens with zero attached hydrogens (tertiary/aromatic N) is 3. The molecule has 0 fully saturated rings. The minimum Gasteiger partial charge on any atom is -0.367 e. The number of nitrogens with one attached hydrogen (secondary N) is 1. The van der Waals surface area contributed by atoms with Crippen LogP contribution in [0.5, 0.6) is 0 Å². The van der Waals surface area contributed by atoms with Crippen LogP contribution < -0.4 is 11.1 Å². The minimum atomic E-state index is -0.372. The predicted molar refractivity (Wildman–Crippen MR) is 67.1 cm³/mol. The van der Waals surface area contributed by atoms with Crippen LogP contribution in [0.2, 0.25) is 0 Å². The summed E-state index contributed by atoms with van der Waals surface area (Å²) in [4.78, 5) is 12.0. The van der Waals surface area contributed by atoms with Gasteiger partial charge in [-0.2, -0.15) is 0 Å². The molecule has 0 saturated carbocycles. The van der Waals surface area contributed by atoms with Gasteiger partial charge < -0.3 is 11.1 Å². The molecule has 0 bridgehead atoms. The maximum atomic E-state index is 12.0. The summed E-state index contributed by atoms with van der Waals surface area (Å²) in [5.74, 6) is 0.0720. The Balaban J connectivity index is 2.23. The smallest absolute Gasteiger partial charge is 0.335 e. The van der Waals surface area contributed by atoms with Gasteiger partial charge in [0, 0.05) is 5.69 Å². The predicted octanol–water partition coefficient (Wildman–Crippen LogP) is 1.66. The van der Waals surface area contributed by atoms with Crippen molar-refractivity contribution in [2.75, 3.05) is 17.3 Å². The summed E-state index contributed by atoms with van der Waals surface area (Å²) in [6.45, 7) is 0. The molecule has 0 atom stereocenters. The van der Waals surface area contributed by atoms with E-state index in [4.69, 9.17) is 5.73 Å². The SMILES string of the molecule is CSc1nnc(N)n1C(=O)Nc1ccccc1. The number of rotatable bonds is 2. The summed E-state index contributed by atoms with van der Waals surface area (Å²) in [6.07, 6.45) is 1.80. The monoisotopic (exact) mass is 249 g/mol. The van der Waals surface area contributed by atoms with E-state index in [1.165, 1.54) is 16.3 Å². The third-order valence-electron chi connectivity index (χ3n) is 2.07. The van der Waals surface area contributed by atoms with Crippen molar-refractivity contribution in [3.8, 4) is 0 Å². The molecule has 0 saturated heterocycles. The summed E-state index contributed by atoms with van der Waals surface area (Å²) in [5.41, 5.74) is 6.28. The zero-order valence-corrected chi connectivity index (χ0v) is 9.94. The van der Waals surface area contributed by atoms with E-state index in [-0.39, 0.29) is 12.0 Å². The highest BCUT2D eigenvalue weighted by Crippen LogP contribution is 2.15. The Morgan fingerprint density at radius 2 is 2.06 bits per heavy atom. The van der Waals surface area contributed by atoms with Crippen molar-refractivity contribution < 1.29 is 4.79 Å². The van der Waals surface area contributed by atoms with E-state index in [2.05, 4.69) is 15.5 Å². The Hall–Kier alpha value is -2.02. The van der Waals surface area contributed by atoms with E-state index in [0.29, 0.717) is 10.8 Å². The molecule has 0 aliphatic rings. The average Bonchev–Trinajstić information content (AvgIpc) is 2.71. The molecule has 2 rings (SSSR count). The number of carbonyl (C=O) groups excluding carboxylic acids is 1. The fraction of sp³-hybridized carbons (Fsp3) is 0.100. The van der Waals surface area contributed by atoms with E-state index in [1.54, 1.807) is 18.4 Å². The Labute approximate surface area is 102 Å². The lowest BCUT2D eigenvalue weighted by atomic mass is 10.3. The van der Waals surface area contributed by atoms with Crippen LogP contribution >= 0.6 is 11.8 Å². The van der Waals surface area contributed by atoms with Gasteiger partial charge in [-0.15, -0.1) is 10.2 Å². The Kier molecular flexibility index (Phi) is 3.29. The number of hydrogen-bond acceptors (Lipinski definition) is 5. The van der Waals surface area contributed by atoms with Crippen LogP contribution in [0.15, 0.2) is 35.5 Å². The molecule has 1 amide bonds. The fourth-order valence-electron chi connectivity index (χ4n) is 1.31. The molecule has 88 valence electrons. The molecule has 0 radical (unpaired) electrons. The van der Waals surface area contributed by atoms with E-state index < -0.39 is 0 Å². The second-order valence-corrected chi connectivity index (χ2v) is 3.95. The van der Waals surface area contributed by atoms with Gasteiger partial charge in [-0.05, 0) is 18.4 Å². The molecule has 1 aromatic heterocycles. The van der Waals surface area contributed by atoms with Crippen LogP contribution in [-0.2, 0) is 0 Å². The summed E-state index contributed by atoms with van der Waals surface area (Å²) in [5, 5.41) is 10.6. The third kappa shape index (κ3) is 2.39. The Morgan fingerprint density at radius 3 is 2.71 bits per heavy atom. The normalized spacial score (nSPS) is 10.2. The number of thioether (sulfide) groups is 1. The van der Waals surface area contributed by atoms with Crippen LogP contribution in [0.25, 0.3) is 0 Å². The first-order valence-corrected chi connectivity index (χ1v) is 6.06. The van der Waals surface area contributed by atoms with Crippen molar-refractivity contribution in [3.63, 3.8) is 0 Å². The molecule has 17 heavy (non-hydrogen) atoms. The maximum absolute atomic E-state index is 12.0. The lowest BCUT2D eigenvalue weighted by Crippen LogP contribution is -2.21. The second-order valence-electron chi connectivity index (χ2n) is 3.18. The molecule has 0 unspecified atom stereocenters. The number of para-hydroxylation sites is 1. The standard InChI is InChI=1S/C10H11N5OS/c1-17-10-14-13-8(11)15(10)9(16)12-7-5-3-2-4-6-7/h2-6H,1H3,(H2,11,13)(H,12,16). The van der Waals surface area contributed by atoms with Gasteiger partial charge >= 0.3 is 6.03 Å². The number of nitrogen functional groups attached to an aromatic ring is 1. The highest BCUT2D eigenvalue weighted by molar-refractivity contribution is 7.98. The first-order chi connectivity index (χ1) is 8.22.